The number of aliphatic hydroxyl groups is 2. The Morgan fingerprint density at radius 2 is 1.72 bits per heavy atom. The third kappa shape index (κ3) is 10.5. The molecule has 3 rings (SSSR count). The van der Waals surface area contributed by atoms with E-state index in [-0.39, 0.29) is 28.9 Å². The van der Waals surface area contributed by atoms with Gasteiger partial charge in [0.1, 0.15) is 36.3 Å². The molecule has 1 saturated heterocycles. The first-order valence-electron chi connectivity index (χ1n) is 13.5. The number of imidazole rings is 1. The largest absolute Gasteiger partial charge is 0.481 e. The van der Waals surface area contributed by atoms with Crippen LogP contribution in [0.25, 0.3) is 11.2 Å². The summed E-state index contributed by atoms with van der Waals surface area (Å²) in [5.41, 5.74) is 4.35. The van der Waals surface area contributed by atoms with Crippen LogP contribution >= 0.6 is 23.5 Å². The number of nitrogens with two attached hydrogens (primary N) is 1. The van der Waals surface area contributed by atoms with Gasteiger partial charge in [0.15, 0.2) is 17.7 Å². The smallest absolute Gasteiger partial charge is 0.386 e. The summed E-state index contributed by atoms with van der Waals surface area (Å²) in [5, 5.41) is 23.8. The number of nitrogen functional groups attached to an aromatic ring is 1. The molecule has 21 nitrogen and oxygen atoms in total. The zero-order valence-electron chi connectivity index (χ0n) is 25.4. The average Bonchev–Trinajstić information content (AvgIpc) is 3.45. The average molecular weight is 721 g/mol. The van der Waals surface area contributed by atoms with E-state index in [1.807, 2.05) is 20.8 Å². The van der Waals surface area contributed by atoms with E-state index in [1.165, 1.54) is 13.8 Å². The van der Waals surface area contributed by atoms with Gasteiger partial charge in [-0.3, -0.25) is 22.9 Å². The highest BCUT2D eigenvalue weighted by atomic mass is 31.3. The Morgan fingerprint density at radius 1 is 1.09 bits per heavy atom. The first kappa shape index (κ1) is 38.5. The van der Waals surface area contributed by atoms with Gasteiger partial charge in [-0.15, -0.1) is 0 Å². The van der Waals surface area contributed by atoms with E-state index in [0.29, 0.717) is 6.42 Å². The van der Waals surface area contributed by atoms with Gasteiger partial charge >= 0.3 is 23.5 Å². The maximum absolute atomic E-state index is 12.6. The number of fused-ring (bicyclic) bond motifs is 1. The van der Waals surface area contributed by atoms with Crippen LogP contribution in [0.5, 0.6) is 0 Å². The minimum atomic E-state index is -5.49. The van der Waals surface area contributed by atoms with Crippen molar-refractivity contribution in [3.05, 3.63) is 12.7 Å². The minimum absolute atomic E-state index is 0.0228. The normalized spacial score (nSPS) is 24.4. The van der Waals surface area contributed by atoms with Gasteiger partial charge in [-0.25, -0.2) is 28.6 Å². The van der Waals surface area contributed by atoms with Gasteiger partial charge in [-0.2, -0.15) is 4.31 Å². The topological polar surface area (TPSA) is 317 Å². The number of carbonyl (C=O) groups is 1. The van der Waals surface area contributed by atoms with E-state index >= 15 is 0 Å². The minimum Gasteiger partial charge on any atom is -0.386 e. The molecule has 0 radical (unpaired) electrons. The Labute approximate surface area is 262 Å². The second kappa shape index (κ2) is 14.3. The third-order valence-electron chi connectivity index (χ3n) is 6.60. The highest BCUT2D eigenvalue weighted by molar-refractivity contribution is 7.61. The van der Waals surface area contributed by atoms with E-state index in [9.17, 15) is 48.3 Å². The molecule has 24 heteroatoms. The maximum atomic E-state index is 12.6. The Bertz CT molecular complexity index is 1530. The predicted octanol–water partition coefficient (Wildman–Crippen LogP) is 0.335. The molecule has 46 heavy (non-hydrogen) atoms. The molecule has 0 aliphatic carbocycles. The van der Waals surface area contributed by atoms with Gasteiger partial charge in [0.2, 0.25) is 5.91 Å². The highest BCUT2D eigenvalue weighted by Crippen LogP contribution is 2.61. The lowest BCUT2D eigenvalue weighted by Gasteiger charge is -2.30. The lowest BCUT2D eigenvalue weighted by molar-refractivity contribution is -0.137. The van der Waals surface area contributed by atoms with Crippen LogP contribution in [0.4, 0.5) is 5.82 Å². The molecule has 1 aliphatic heterocycles. The van der Waals surface area contributed by atoms with Crippen molar-refractivity contribution in [1.29, 1.82) is 0 Å². The number of nitrogens with zero attached hydrogens (tertiary/aromatic N) is 4. The molecular weight excluding hydrogens is 681 g/mol. The first-order chi connectivity index (χ1) is 20.9. The highest BCUT2D eigenvalue weighted by Gasteiger charge is 2.50. The number of aliphatic hydroxyl groups excluding tert-OH is 2. The van der Waals surface area contributed by atoms with Crippen LogP contribution in [-0.2, 0) is 41.1 Å². The Hall–Kier alpha value is -1.93. The number of hydrogen-bond acceptors (Lipinski definition) is 15. The summed E-state index contributed by atoms with van der Waals surface area (Å²) in [5.74, 6) is -0.795. The number of ether oxygens (including phenoxy) is 1. The summed E-state index contributed by atoms with van der Waals surface area (Å²) in [4.78, 5) is 63.1. The van der Waals surface area contributed by atoms with Gasteiger partial charge in [0.25, 0.3) is 0 Å². The third-order valence-corrected chi connectivity index (χ3v) is 9.70. The fourth-order valence-electron chi connectivity index (χ4n) is 4.11. The second-order valence-corrected chi connectivity index (χ2v) is 16.5. The van der Waals surface area contributed by atoms with E-state index in [0.717, 1.165) is 17.2 Å². The van der Waals surface area contributed by atoms with Crippen molar-refractivity contribution in [2.45, 2.75) is 71.7 Å². The van der Waals surface area contributed by atoms with Crippen molar-refractivity contribution in [3.8, 4) is 0 Å². The number of aromatic nitrogens is 4. The molecule has 0 aromatic carbocycles. The van der Waals surface area contributed by atoms with Crippen molar-refractivity contribution in [2.75, 3.05) is 25.5 Å². The van der Waals surface area contributed by atoms with Crippen LogP contribution in [0, 0.1) is 10.8 Å². The number of anilines is 1. The van der Waals surface area contributed by atoms with Crippen LogP contribution in [0.1, 0.15) is 47.3 Å². The van der Waals surface area contributed by atoms with Crippen LogP contribution in [0.3, 0.4) is 0 Å². The molecule has 9 N–H and O–H groups in total. The van der Waals surface area contributed by atoms with E-state index in [1.54, 1.807) is 0 Å². The summed E-state index contributed by atoms with van der Waals surface area (Å²) in [7, 11) is -16.2. The molecule has 7 atom stereocenters. The van der Waals surface area contributed by atoms with Gasteiger partial charge in [-0.1, -0.05) is 34.6 Å². The monoisotopic (exact) mass is 720 g/mol. The molecule has 1 fully saturated rings. The van der Waals surface area contributed by atoms with Crippen LogP contribution in [0.2, 0.25) is 0 Å². The Kier molecular flexibility index (Phi) is 12.0. The van der Waals surface area contributed by atoms with Gasteiger partial charge in [-0.05, 0) is 11.8 Å². The fourth-order valence-corrected chi connectivity index (χ4v) is 6.94. The first-order valence-corrected chi connectivity index (χ1v) is 18.1. The van der Waals surface area contributed by atoms with Gasteiger partial charge in [0.05, 0.1) is 19.5 Å². The van der Waals surface area contributed by atoms with Crippen molar-refractivity contribution in [1.82, 2.24) is 24.8 Å². The van der Waals surface area contributed by atoms with Gasteiger partial charge < -0.3 is 45.6 Å². The lowest BCUT2D eigenvalue weighted by atomic mass is 9.87. The van der Waals surface area contributed by atoms with E-state index in [2.05, 4.69) is 29.1 Å². The van der Waals surface area contributed by atoms with E-state index < -0.39 is 78.6 Å². The molecule has 7 unspecified atom stereocenters. The summed E-state index contributed by atoms with van der Waals surface area (Å²) in [6.45, 7) is 6.94. The summed E-state index contributed by atoms with van der Waals surface area (Å²) >= 11 is 0. The zero-order valence-corrected chi connectivity index (χ0v) is 28.1. The molecule has 0 bridgehead atoms. The molecule has 0 spiro atoms. The summed E-state index contributed by atoms with van der Waals surface area (Å²) in [6.07, 6.45) is -5.78. The fraction of sp³-hybridized carbons (Fsp3) is 0.727. The number of amides is 1. The quantitative estimate of drug-likeness (QED) is 0.115. The van der Waals surface area contributed by atoms with Gasteiger partial charge in [0, 0.05) is 12.0 Å². The number of nitrogens with one attached hydrogen (secondary N) is 1. The zero-order chi connectivity index (χ0) is 34.9. The number of hydrogen-bond donors (Lipinski definition) is 8. The van der Waals surface area contributed by atoms with Crippen LogP contribution < -0.4 is 11.1 Å². The lowest BCUT2D eigenvalue weighted by Crippen LogP contribution is -2.46. The summed E-state index contributed by atoms with van der Waals surface area (Å²) < 4.78 is 61.8. The molecule has 2 aromatic heterocycles. The van der Waals surface area contributed by atoms with Crippen molar-refractivity contribution >= 4 is 46.4 Å². The standard InChI is InChI=1S/C22H39N6O15P3/c1-21(2,3)6-7-24-19(31)16(30)22(4,5)9-40-46(37,38)43-45(35,36)39-8-12-15(42-44(32,33)34)14(29)20(41-12)28-11-27-13-17(23)25-10-26-18(13)28/h10-12,14-16,20,29-30H,6-9H2,1-5H3,(H,24,31)(H,35,36)(H,37,38)(H2,23,25,26)(H2,32,33,34). The number of phosphoric acid groups is 3. The summed E-state index contributed by atoms with van der Waals surface area (Å²) in [6, 6.07) is 0. The SMILES string of the molecule is CC(C)(C)CCNC(=O)C(O)C(C)(C)COP(=O)(O)OP(=O)(O)OCC1OC(n2cnc3c(N)ncnc32)C(O)C1OP(=O)(O)O. The van der Waals surface area contributed by atoms with Crippen molar-refractivity contribution < 1.29 is 70.9 Å². The van der Waals surface area contributed by atoms with Crippen molar-refractivity contribution in [2.24, 2.45) is 10.8 Å². The van der Waals surface area contributed by atoms with Crippen LogP contribution in [-0.4, -0.2) is 99.4 Å². The molecule has 1 amide bonds. The number of phosphoric ester groups is 3. The number of carbonyl (C=O) groups excluding carboxylic acids is 1. The number of rotatable bonds is 15. The molecular formula is C22H39N6O15P3. The predicted molar refractivity (Wildman–Crippen MR) is 156 cm³/mol. The maximum Gasteiger partial charge on any atom is 0.481 e. The molecule has 2 aromatic rings. The molecule has 0 saturated carbocycles. The second-order valence-electron chi connectivity index (χ2n) is 12.3. The molecule has 262 valence electrons. The van der Waals surface area contributed by atoms with E-state index in [4.69, 9.17) is 19.5 Å². The Morgan fingerprint density at radius 3 is 2.33 bits per heavy atom. The molecule has 1 aliphatic rings. The molecule has 3 heterocycles. The Balaban J connectivity index is 1.65. The van der Waals surface area contributed by atoms with Crippen molar-refractivity contribution in [3.63, 3.8) is 0 Å². The van der Waals surface area contributed by atoms with Crippen LogP contribution in [0.15, 0.2) is 12.7 Å².